The van der Waals surface area contributed by atoms with Crippen molar-refractivity contribution >= 4 is 28.9 Å². The summed E-state index contributed by atoms with van der Waals surface area (Å²) in [7, 11) is 0. The Morgan fingerprint density at radius 1 is 1.53 bits per heavy atom. The number of hydrogen-bond donors (Lipinski definition) is 2. The molecule has 1 aromatic rings. The highest BCUT2D eigenvalue weighted by atomic mass is 32.1. The SMILES string of the molecule is CCOC(=O)c1sc2c(c1NC(C)=O)CCCC2O. The quantitative estimate of drug-likeness (QED) is 0.834. The molecule has 1 aromatic heterocycles. The Morgan fingerprint density at radius 3 is 2.89 bits per heavy atom. The molecule has 1 aliphatic carbocycles. The van der Waals surface area contributed by atoms with Gasteiger partial charge in [0.25, 0.3) is 0 Å². The van der Waals surface area contributed by atoms with Gasteiger partial charge in [-0.3, -0.25) is 4.79 Å². The van der Waals surface area contributed by atoms with Crippen LogP contribution >= 0.6 is 11.3 Å². The van der Waals surface area contributed by atoms with Crippen LogP contribution in [0.1, 0.15) is 52.9 Å². The van der Waals surface area contributed by atoms with E-state index in [-0.39, 0.29) is 12.5 Å². The van der Waals surface area contributed by atoms with Gasteiger partial charge in [0.05, 0.1) is 18.4 Å². The molecule has 0 bridgehead atoms. The normalized spacial score (nSPS) is 17.7. The molecule has 19 heavy (non-hydrogen) atoms. The molecule has 0 aliphatic heterocycles. The monoisotopic (exact) mass is 283 g/mol. The van der Waals surface area contributed by atoms with Crippen molar-refractivity contribution in [2.75, 3.05) is 11.9 Å². The summed E-state index contributed by atoms with van der Waals surface area (Å²) in [4.78, 5) is 24.4. The first-order valence-corrected chi connectivity index (χ1v) is 7.14. The second-order valence-corrected chi connectivity index (χ2v) is 5.51. The summed E-state index contributed by atoms with van der Waals surface area (Å²) in [5.41, 5.74) is 1.40. The van der Waals surface area contributed by atoms with Crippen molar-refractivity contribution in [3.05, 3.63) is 15.3 Å². The largest absolute Gasteiger partial charge is 0.462 e. The van der Waals surface area contributed by atoms with Crippen molar-refractivity contribution in [3.8, 4) is 0 Å². The van der Waals surface area contributed by atoms with E-state index in [9.17, 15) is 14.7 Å². The van der Waals surface area contributed by atoms with Crippen LogP contribution in [0.5, 0.6) is 0 Å². The van der Waals surface area contributed by atoms with Gasteiger partial charge >= 0.3 is 5.97 Å². The Balaban J connectivity index is 2.46. The third kappa shape index (κ3) is 2.79. The van der Waals surface area contributed by atoms with E-state index in [1.165, 1.54) is 18.3 Å². The van der Waals surface area contributed by atoms with Crippen LogP contribution in [-0.2, 0) is 16.0 Å². The fraction of sp³-hybridized carbons (Fsp3) is 0.538. The maximum atomic E-state index is 11.9. The van der Waals surface area contributed by atoms with Crippen LogP contribution in [0.3, 0.4) is 0 Å². The lowest BCUT2D eigenvalue weighted by Gasteiger charge is -2.18. The molecule has 2 N–H and O–H groups in total. The summed E-state index contributed by atoms with van der Waals surface area (Å²) >= 11 is 1.22. The predicted molar refractivity (Wildman–Crippen MR) is 72.5 cm³/mol. The Bertz CT molecular complexity index is 509. The van der Waals surface area contributed by atoms with E-state index in [0.29, 0.717) is 17.0 Å². The Morgan fingerprint density at radius 2 is 2.26 bits per heavy atom. The lowest BCUT2D eigenvalue weighted by Crippen LogP contribution is -2.13. The average molecular weight is 283 g/mol. The van der Waals surface area contributed by atoms with Crippen LogP contribution in [0.4, 0.5) is 5.69 Å². The molecule has 0 aromatic carbocycles. The first-order valence-electron chi connectivity index (χ1n) is 6.33. The number of carbonyl (C=O) groups excluding carboxylic acids is 2. The summed E-state index contributed by atoms with van der Waals surface area (Å²) in [6.45, 7) is 3.42. The molecule has 6 heteroatoms. The van der Waals surface area contributed by atoms with Crippen molar-refractivity contribution in [2.24, 2.45) is 0 Å². The van der Waals surface area contributed by atoms with E-state index in [2.05, 4.69) is 5.32 Å². The second kappa shape index (κ2) is 5.71. The van der Waals surface area contributed by atoms with Gasteiger partial charge in [-0.2, -0.15) is 0 Å². The number of anilines is 1. The summed E-state index contributed by atoms with van der Waals surface area (Å²) in [5.74, 6) is -0.677. The van der Waals surface area contributed by atoms with Gasteiger partial charge in [0, 0.05) is 11.8 Å². The fourth-order valence-electron chi connectivity index (χ4n) is 2.25. The lowest BCUT2D eigenvalue weighted by molar-refractivity contribution is -0.114. The molecule has 2 rings (SSSR count). The van der Waals surface area contributed by atoms with E-state index < -0.39 is 12.1 Å². The maximum absolute atomic E-state index is 11.9. The highest BCUT2D eigenvalue weighted by Crippen LogP contribution is 2.43. The molecule has 0 radical (unpaired) electrons. The number of carbonyl (C=O) groups is 2. The van der Waals surface area contributed by atoms with Crippen LogP contribution in [-0.4, -0.2) is 23.6 Å². The zero-order valence-corrected chi connectivity index (χ0v) is 11.8. The summed E-state index contributed by atoms with van der Waals surface area (Å²) < 4.78 is 5.00. The molecule has 0 saturated carbocycles. The molecule has 1 atom stereocenters. The molecule has 1 aliphatic rings. The molecule has 1 heterocycles. The van der Waals surface area contributed by atoms with E-state index in [1.54, 1.807) is 6.92 Å². The van der Waals surface area contributed by atoms with E-state index in [1.807, 2.05) is 0 Å². The molecule has 0 saturated heterocycles. The molecule has 0 spiro atoms. The van der Waals surface area contributed by atoms with Crippen molar-refractivity contribution in [1.82, 2.24) is 0 Å². The summed E-state index contributed by atoms with van der Waals surface area (Å²) in [6, 6.07) is 0. The number of esters is 1. The first kappa shape index (κ1) is 14.0. The number of thiophene rings is 1. The molecule has 0 fully saturated rings. The van der Waals surface area contributed by atoms with Gasteiger partial charge in [-0.05, 0) is 31.7 Å². The minimum Gasteiger partial charge on any atom is -0.462 e. The summed E-state index contributed by atoms with van der Waals surface area (Å²) in [6.07, 6.45) is 1.75. The molecule has 1 amide bonds. The number of nitrogens with one attached hydrogen (secondary N) is 1. The molecule has 5 nitrogen and oxygen atoms in total. The maximum Gasteiger partial charge on any atom is 0.350 e. The third-order valence-corrected chi connectivity index (χ3v) is 4.32. The van der Waals surface area contributed by atoms with Crippen molar-refractivity contribution in [2.45, 2.75) is 39.2 Å². The van der Waals surface area contributed by atoms with Gasteiger partial charge < -0.3 is 15.2 Å². The van der Waals surface area contributed by atoms with Crippen LogP contribution in [0.15, 0.2) is 0 Å². The van der Waals surface area contributed by atoms with Crippen LogP contribution in [0.25, 0.3) is 0 Å². The standard InChI is InChI=1S/C13H17NO4S/c1-3-18-13(17)12-10(14-7(2)15)8-5-4-6-9(16)11(8)19-12/h9,16H,3-6H2,1-2H3,(H,14,15). The lowest BCUT2D eigenvalue weighted by atomic mass is 9.95. The van der Waals surface area contributed by atoms with Crippen LogP contribution < -0.4 is 5.32 Å². The Kier molecular flexibility index (Phi) is 4.21. The number of rotatable bonds is 3. The molecule has 104 valence electrons. The molecular formula is C13H17NO4S. The number of fused-ring (bicyclic) bond motifs is 1. The first-order chi connectivity index (χ1) is 9.04. The number of aliphatic hydroxyl groups excluding tert-OH is 1. The van der Waals surface area contributed by atoms with Gasteiger partial charge in [-0.1, -0.05) is 0 Å². The van der Waals surface area contributed by atoms with Crippen molar-refractivity contribution < 1.29 is 19.4 Å². The van der Waals surface area contributed by atoms with E-state index in [4.69, 9.17) is 4.74 Å². The predicted octanol–water partition coefficient (Wildman–Crippen LogP) is 2.25. The van der Waals surface area contributed by atoms with Crippen LogP contribution in [0.2, 0.25) is 0 Å². The van der Waals surface area contributed by atoms with E-state index >= 15 is 0 Å². The third-order valence-electron chi connectivity index (χ3n) is 3.01. The minimum atomic E-state index is -0.551. The zero-order chi connectivity index (χ0) is 14.0. The van der Waals surface area contributed by atoms with Gasteiger partial charge in [0.1, 0.15) is 4.88 Å². The van der Waals surface area contributed by atoms with Crippen molar-refractivity contribution in [3.63, 3.8) is 0 Å². The number of amides is 1. The molecule has 1 unspecified atom stereocenters. The van der Waals surface area contributed by atoms with Crippen LogP contribution in [0, 0.1) is 0 Å². The fourth-order valence-corrected chi connectivity index (χ4v) is 3.47. The second-order valence-electron chi connectivity index (χ2n) is 4.46. The number of ether oxygens (including phenoxy) is 1. The van der Waals surface area contributed by atoms with Gasteiger partial charge in [-0.25, -0.2) is 4.79 Å². The Hall–Kier alpha value is -1.40. The number of aliphatic hydroxyl groups is 1. The van der Waals surface area contributed by atoms with Gasteiger partial charge in [0.15, 0.2) is 0 Å². The zero-order valence-electron chi connectivity index (χ0n) is 11.0. The highest BCUT2D eigenvalue weighted by Gasteiger charge is 2.29. The topological polar surface area (TPSA) is 75.6 Å². The van der Waals surface area contributed by atoms with E-state index in [0.717, 1.165) is 23.3 Å². The minimum absolute atomic E-state index is 0.230. The summed E-state index contributed by atoms with van der Waals surface area (Å²) in [5, 5.41) is 12.7. The smallest absolute Gasteiger partial charge is 0.350 e. The van der Waals surface area contributed by atoms with Crippen molar-refractivity contribution in [1.29, 1.82) is 0 Å². The molecular weight excluding hydrogens is 266 g/mol. The number of hydrogen-bond acceptors (Lipinski definition) is 5. The highest BCUT2D eigenvalue weighted by molar-refractivity contribution is 7.15. The van der Waals surface area contributed by atoms with Gasteiger partial charge in [0.2, 0.25) is 5.91 Å². The average Bonchev–Trinajstić information content (AvgIpc) is 2.70. The van der Waals surface area contributed by atoms with Gasteiger partial charge in [-0.15, -0.1) is 11.3 Å². The Labute approximate surface area is 115 Å².